The molecule has 0 radical (unpaired) electrons. The molecule has 0 aliphatic rings. The smallest absolute Gasteiger partial charge is 0.108 e. The van der Waals surface area contributed by atoms with Crippen molar-refractivity contribution in [2.24, 2.45) is 7.05 Å². The molecule has 2 rings (SSSR count). The largest absolute Gasteiger partial charge is 0.338 e. The molecular weight excluding hydrogens is 242 g/mol. The van der Waals surface area contributed by atoms with Crippen molar-refractivity contribution in [3.05, 3.63) is 40.6 Å². The van der Waals surface area contributed by atoms with Gasteiger partial charge in [0.2, 0.25) is 0 Å². The van der Waals surface area contributed by atoms with E-state index in [-0.39, 0.29) is 0 Å². The Morgan fingerprint density at radius 1 is 1.50 bits per heavy atom. The van der Waals surface area contributed by atoms with Crippen molar-refractivity contribution in [3.8, 4) is 0 Å². The number of thiophene rings is 1. The van der Waals surface area contributed by atoms with Crippen LogP contribution in [0.25, 0.3) is 0 Å². The maximum Gasteiger partial charge on any atom is 0.108 e. The van der Waals surface area contributed by atoms with E-state index in [1.54, 1.807) is 11.3 Å². The van der Waals surface area contributed by atoms with Crippen molar-refractivity contribution in [2.45, 2.75) is 32.2 Å². The molecule has 2 aromatic rings. The van der Waals surface area contributed by atoms with Gasteiger partial charge in [-0.2, -0.15) is 11.3 Å². The van der Waals surface area contributed by atoms with Crippen molar-refractivity contribution < 1.29 is 0 Å². The molecule has 1 atom stereocenters. The Bertz CT molecular complexity index is 447. The zero-order chi connectivity index (χ0) is 12.8. The molecule has 2 heterocycles. The molecule has 0 saturated heterocycles. The maximum absolute atomic E-state index is 4.39. The standard InChI is InChI=1S/C14H21N3S/c1-3-7-15-13(12-6-10-18-11-12)4-5-14-16-8-9-17(14)2/h6,8-11,13,15H,3-5,7H2,1-2H3. The van der Waals surface area contributed by atoms with Gasteiger partial charge in [0, 0.05) is 31.9 Å². The highest BCUT2D eigenvalue weighted by atomic mass is 32.1. The van der Waals surface area contributed by atoms with Crippen LogP contribution in [-0.4, -0.2) is 16.1 Å². The van der Waals surface area contributed by atoms with E-state index in [0.29, 0.717) is 6.04 Å². The van der Waals surface area contributed by atoms with Crippen LogP contribution in [0.4, 0.5) is 0 Å². The summed E-state index contributed by atoms with van der Waals surface area (Å²) in [6.07, 6.45) is 7.16. The summed E-state index contributed by atoms with van der Waals surface area (Å²) in [5, 5.41) is 8.01. The first kappa shape index (κ1) is 13.3. The Morgan fingerprint density at radius 2 is 2.39 bits per heavy atom. The average Bonchev–Trinajstić information content (AvgIpc) is 3.01. The van der Waals surface area contributed by atoms with E-state index >= 15 is 0 Å². The van der Waals surface area contributed by atoms with Crippen molar-refractivity contribution >= 4 is 11.3 Å². The van der Waals surface area contributed by atoms with Crippen LogP contribution >= 0.6 is 11.3 Å². The molecular formula is C14H21N3S. The molecule has 0 aromatic carbocycles. The van der Waals surface area contributed by atoms with Gasteiger partial charge in [-0.05, 0) is 41.8 Å². The van der Waals surface area contributed by atoms with E-state index in [9.17, 15) is 0 Å². The van der Waals surface area contributed by atoms with Crippen LogP contribution in [0, 0.1) is 0 Å². The van der Waals surface area contributed by atoms with Crippen LogP contribution in [0.2, 0.25) is 0 Å². The second-order valence-corrected chi connectivity index (χ2v) is 5.34. The fourth-order valence-electron chi connectivity index (χ4n) is 2.09. The first-order chi connectivity index (χ1) is 8.81. The predicted molar refractivity (Wildman–Crippen MR) is 76.9 cm³/mol. The van der Waals surface area contributed by atoms with Crippen LogP contribution in [0.5, 0.6) is 0 Å². The summed E-state index contributed by atoms with van der Waals surface area (Å²) in [5.41, 5.74) is 1.41. The Kier molecular flexibility index (Phi) is 4.96. The lowest BCUT2D eigenvalue weighted by Gasteiger charge is -2.17. The van der Waals surface area contributed by atoms with Gasteiger partial charge in [-0.25, -0.2) is 4.98 Å². The van der Waals surface area contributed by atoms with E-state index < -0.39 is 0 Å². The summed E-state index contributed by atoms with van der Waals surface area (Å²) in [5.74, 6) is 1.16. The summed E-state index contributed by atoms with van der Waals surface area (Å²) in [7, 11) is 2.06. The van der Waals surface area contributed by atoms with Gasteiger partial charge < -0.3 is 9.88 Å². The second-order valence-electron chi connectivity index (χ2n) is 4.56. The molecule has 18 heavy (non-hydrogen) atoms. The van der Waals surface area contributed by atoms with E-state index in [1.807, 2.05) is 12.4 Å². The Morgan fingerprint density at radius 3 is 3.00 bits per heavy atom. The monoisotopic (exact) mass is 263 g/mol. The van der Waals surface area contributed by atoms with Gasteiger partial charge >= 0.3 is 0 Å². The van der Waals surface area contributed by atoms with Crippen LogP contribution in [0.3, 0.4) is 0 Å². The molecule has 0 aliphatic carbocycles. The predicted octanol–water partition coefficient (Wildman–Crippen LogP) is 3.16. The summed E-state index contributed by atoms with van der Waals surface area (Å²) >= 11 is 1.77. The molecule has 0 bridgehead atoms. The summed E-state index contributed by atoms with van der Waals surface area (Å²) in [6, 6.07) is 2.67. The van der Waals surface area contributed by atoms with Crippen LogP contribution in [0.15, 0.2) is 29.2 Å². The molecule has 0 spiro atoms. The number of hydrogen-bond acceptors (Lipinski definition) is 3. The highest BCUT2D eigenvalue weighted by molar-refractivity contribution is 7.07. The Labute approximate surface area is 113 Å². The third kappa shape index (κ3) is 3.43. The minimum atomic E-state index is 0.452. The molecule has 0 amide bonds. The van der Waals surface area contributed by atoms with Gasteiger partial charge in [-0.15, -0.1) is 0 Å². The van der Waals surface area contributed by atoms with E-state index in [0.717, 1.165) is 25.2 Å². The van der Waals surface area contributed by atoms with Crippen molar-refractivity contribution in [2.75, 3.05) is 6.54 Å². The van der Waals surface area contributed by atoms with Gasteiger partial charge in [-0.3, -0.25) is 0 Å². The molecule has 0 aliphatic heterocycles. The van der Waals surface area contributed by atoms with Gasteiger partial charge in [0.1, 0.15) is 5.82 Å². The molecule has 1 unspecified atom stereocenters. The Hall–Kier alpha value is -1.13. The van der Waals surface area contributed by atoms with Gasteiger partial charge in [0.15, 0.2) is 0 Å². The number of aryl methyl sites for hydroxylation is 2. The first-order valence-corrected chi connectivity index (χ1v) is 7.47. The topological polar surface area (TPSA) is 29.9 Å². The van der Waals surface area contributed by atoms with Gasteiger partial charge in [0.25, 0.3) is 0 Å². The average molecular weight is 263 g/mol. The number of nitrogens with zero attached hydrogens (tertiary/aromatic N) is 2. The van der Waals surface area contributed by atoms with Crippen LogP contribution < -0.4 is 5.32 Å². The minimum absolute atomic E-state index is 0.452. The molecule has 3 nitrogen and oxygen atoms in total. The summed E-state index contributed by atoms with van der Waals surface area (Å²) < 4.78 is 2.10. The van der Waals surface area contributed by atoms with E-state index in [2.05, 4.69) is 45.7 Å². The third-order valence-electron chi connectivity index (χ3n) is 3.16. The number of imidazole rings is 1. The SMILES string of the molecule is CCCNC(CCc1nccn1C)c1ccsc1. The lowest BCUT2D eigenvalue weighted by atomic mass is 10.0. The zero-order valence-corrected chi connectivity index (χ0v) is 11.9. The zero-order valence-electron chi connectivity index (χ0n) is 11.1. The molecule has 0 saturated carbocycles. The minimum Gasteiger partial charge on any atom is -0.338 e. The molecule has 1 N–H and O–H groups in total. The highest BCUT2D eigenvalue weighted by Crippen LogP contribution is 2.21. The number of nitrogens with one attached hydrogen (secondary N) is 1. The first-order valence-electron chi connectivity index (χ1n) is 6.53. The Balaban J connectivity index is 1.95. The van der Waals surface area contributed by atoms with Gasteiger partial charge in [0.05, 0.1) is 0 Å². The fourth-order valence-corrected chi connectivity index (χ4v) is 2.80. The normalized spacial score (nSPS) is 12.8. The van der Waals surface area contributed by atoms with E-state index in [4.69, 9.17) is 0 Å². The number of hydrogen-bond donors (Lipinski definition) is 1. The third-order valence-corrected chi connectivity index (χ3v) is 3.87. The summed E-state index contributed by atoms with van der Waals surface area (Å²) in [6.45, 7) is 3.28. The van der Waals surface area contributed by atoms with Crippen LogP contribution in [0.1, 0.15) is 37.2 Å². The molecule has 4 heteroatoms. The highest BCUT2D eigenvalue weighted by Gasteiger charge is 2.12. The van der Waals surface area contributed by atoms with Crippen LogP contribution in [-0.2, 0) is 13.5 Å². The molecule has 98 valence electrons. The maximum atomic E-state index is 4.39. The molecule has 0 fully saturated rings. The number of rotatable bonds is 7. The second kappa shape index (κ2) is 6.71. The molecule has 2 aromatic heterocycles. The number of aromatic nitrogens is 2. The van der Waals surface area contributed by atoms with Gasteiger partial charge in [-0.1, -0.05) is 6.92 Å². The lowest BCUT2D eigenvalue weighted by molar-refractivity contribution is 0.492. The summed E-state index contributed by atoms with van der Waals surface area (Å²) in [4.78, 5) is 4.39. The van der Waals surface area contributed by atoms with Crippen molar-refractivity contribution in [1.82, 2.24) is 14.9 Å². The van der Waals surface area contributed by atoms with Crippen molar-refractivity contribution in [1.29, 1.82) is 0 Å². The fraction of sp³-hybridized carbons (Fsp3) is 0.500. The lowest BCUT2D eigenvalue weighted by Crippen LogP contribution is -2.22. The quantitative estimate of drug-likeness (QED) is 0.831. The van der Waals surface area contributed by atoms with E-state index in [1.165, 1.54) is 12.0 Å². The van der Waals surface area contributed by atoms with Crippen molar-refractivity contribution in [3.63, 3.8) is 0 Å².